The standard InChI is InChI=1S/C14H13N5O2/c1-8-5-10-12(6-9(8)2)18(7-16-10)14-11(19(20)21)3-4-13(15)17-14/h3-7H,1-2H3,(H2,15,17). The number of anilines is 1. The number of imidazole rings is 1. The first-order valence-electron chi connectivity index (χ1n) is 6.33. The molecule has 3 aromatic rings. The molecule has 0 unspecified atom stereocenters. The van der Waals surface area contributed by atoms with Crippen LogP contribution in [0.1, 0.15) is 11.1 Å². The summed E-state index contributed by atoms with van der Waals surface area (Å²) < 4.78 is 1.59. The molecule has 0 amide bonds. The van der Waals surface area contributed by atoms with Crippen LogP contribution in [0.3, 0.4) is 0 Å². The Kier molecular flexibility index (Phi) is 2.83. The molecule has 0 saturated carbocycles. The Labute approximate surface area is 120 Å². The van der Waals surface area contributed by atoms with Crippen molar-refractivity contribution in [1.82, 2.24) is 14.5 Å². The van der Waals surface area contributed by atoms with Crippen molar-refractivity contribution in [3.8, 4) is 5.82 Å². The van der Waals surface area contributed by atoms with Crippen LogP contribution in [0.15, 0.2) is 30.6 Å². The lowest BCUT2D eigenvalue weighted by Gasteiger charge is -2.06. The Morgan fingerprint density at radius 2 is 1.95 bits per heavy atom. The fourth-order valence-corrected chi connectivity index (χ4v) is 2.21. The summed E-state index contributed by atoms with van der Waals surface area (Å²) in [7, 11) is 0. The maximum atomic E-state index is 11.2. The molecule has 0 bridgehead atoms. The van der Waals surface area contributed by atoms with Gasteiger partial charge < -0.3 is 5.73 Å². The maximum absolute atomic E-state index is 11.2. The topological polar surface area (TPSA) is 99.9 Å². The van der Waals surface area contributed by atoms with Gasteiger partial charge in [-0.2, -0.15) is 0 Å². The summed E-state index contributed by atoms with van der Waals surface area (Å²) in [6.45, 7) is 3.97. The van der Waals surface area contributed by atoms with Crippen molar-refractivity contribution < 1.29 is 4.92 Å². The zero-order chi connectivity index (χ0) is 15.1. The molecule has 106 valence electrons. The van der Waals surface area contributed by atoms with Crippen LogP contribution in [-0.4, -0.2) is 19.5 Å². The van der Waals surface area contributed by atoms with Crippen LogP contribution >= 0.6 is 0 Å². The minimum Gasteiger partial charge on any atom is -0.384 e. The third kappa shape index (κ3) is 2.08. The molecule has 7 heteroatoms. The number of benzene rings is 1. The molecule has 1 aromatic carbocycles. The molecular formula is C14H13N5O2. The second kappa shape index (κ2) is 4.55. The van der Waals surface area contributed by atoms with Gasteiger partial charge in [0.05, 0.1) is 16.0 Å². The zero-order valence-corrected chi connectivity index (χ0v) is 11.6. The van der Waals surface area contributed by atoms with Crippen LogP contribution in [-0.2, 0) is 0 Å². The number of nitrogen functional groups attached to an aromatic ring is 1. The van der Waals surface area contributed by atoms with Gasteiger partial charge in [-0.15, -0.1) is 0 Å². The highest BCUT2D eigenvalue weighted by atomic mass is 16.6. The van der Waals surface area contributed by atoms with Crippen molar-refractivity contribution >= 4 is 22.5 Å². The van der Waals surface area contributed by atoms with Gasteiger partial charge in [0.15, 0.2) is 0 Å². The lowest BCUT2D eigenvalue weighted by Crippen LogP contribution is -2.04. The predicted molar refractivity (Wildman–Crippen MR) is 79.4 cm³/mol. The molecule has 0 radical (unpaired) electrons. The summed E-state index contributed by atoms with van der Waals surface area (Å²) in [4.78, 5) is 19.1. The largest absolute Gasteiger partial charge is 0.384 e. The van der Waals surface area contributed by atoms with Crippen LogP contribution in [0.2, 0.25) is 0 Å². The van der Waals surface area contributed by atoms with E-state index in [1.54, 1.807) is 4.57 Å². The van der Waals surface area contributed by atoms with E-state index >= 15 is 0 Å². The normalized spacial score (nSPS) is 11.0. The van der Waals surface area contributed by atoms with Crippen LogP contribution < -0.4 is 5.73 Å². The quantitative estimate of drug-likeness (QED) is 0.575. The lowest BCUT2D eigenvalue weighted by molar-refractivity contribution is -0.384. The highest BCUT2D eigenvalue weighted by Gasteiger charge is 2.19. The average Bonchev–Trinajstić information content (AvgIpc) is 2.81. The van der Waals surface area contributed by atoms with Crippen LogP contribution in [0.5, 0.6) is 0 Å². The van der Waals surface area contributed by atoms with Gasteiger partial charge >= 0.3 is 5.69 Å². The van der Waals surface area contributed by atoms with Crippen molar-refractivity contribution in [3.05, 3.63) is 51.8 Å². The zero-order valence-electron chi connectivity index (χ0n) is 11.6. The van der Waals surface area contributed by atoms with Gasteiger partial charge in [-0.1, -0.05) is 0 Å². The van der Waals surface area contributed by atoms with E-state index in [2.05, 4.69) is 9.97 Å². The third-order valence-corrected chi connectivity index (χ3v) is 3.46. The Morgan fingerprint density at radius 1 is 1.24 bits per heavy atom. The number of nitrogens with two attached hydrogens (primary N) is 1. The second-order valence-electron chi connectivity index (χ2n) is 4.88. The first-order chi connectivity index (χ1) is 9.97. The lowest BCUT2D eigenvalue weighted by atomic mass is 10.1. The SMILES string of the molecule is Cc1cc2ncn(-c3nc(N)ccc3[N+](=O)[O-])c2cc1C. The Balaban J connectivity index is 2.33. The minimum absolute atomic E-state index is 0.110. The number of nitro groups is 1. The van der Waals surface area contributed by atoms with E-state index in [-0.39, 0.29) is 17.3 Å². The molecule has 3 rings (SSSR count). The molecule has 2 aromatic heterocycles. The van der Waals surface area contributed by atoms with Crippen molar-refractivity contribution in [3.63, 3.8) is 0 Å². The van der Waals surface area contributed by atoms with Crippen molar-refractivity contribution in [2.45, 2.75) is 13.8 Å². The van der Waals surface area contributed by atoms with Crippen LogP contribution in [0.25, 0.3) is 16.9 Å². The summed E-state index contributed by atoms with van der Waals surface area (Å²) in [5, 5.41) is 11.2. The van der Waals surface area contributed by atoms with Crippen LogP contribution in [0, 0.1) is 24.0 Å². The van der Waals surface area contributed by atoms with E-state index in [0.717, 1.165) is 22.2 Å². The van der Waals surface area contributed by atoms with Gasteiger partial charge in [0.25, 0.3) is 0 Å². The smallest absolute Gasteiger partial charge is 0.312 e. The number of nitrogens with zero attached hydrogens (tertiary/aromatic N) is 4. The first kappa shape index (κ1) is 13.0. The molecule has 21 heavy (non-hydrogen) atoms. The summed E-state index contributed by atoms with van der Waals surface area (Å²) >= 11 is 0. The molecule has 0 aliphatic heterocycles. The number of pyridine rings is 1. The first-order valence-corrected chi connectivity index (χ1v) is 6.33. The molecule has 2 N–H and O–H groups in total. The molecule has 2 heterocycles. The summed E-state index contributed by atoms with van der Waals surface area (Å²) in [5.41, 5.74) is 9.27. The van der Waals surface area contributed by atoms with E-state index in [9.17, 15) is 10.1 Å². The summed E-state index contributed by atoms with van der Waals surface area (Å²) in [5.74, 6) is 0.395. The molecule has 0 aliphatic carbocycles. The van der Waals surface area contributed by atoms with Crippen LogP contribution in [0.4, 0.5) is 11.5 Å². The fraction of sp³-hybridized carbons (Fsp3) is 0.143. The van der Waals surface area contributed by atoms with Gasteiger partial charge in [0.1, 0.15) is 12.1 Å². The number of hydrogen-bond donors (Lipinski definition) is 1. The Bertz CT molecular complexity index is 869. The molecule has 0 aliphatic rings. The van der Waals surface area contributed by atoms with Gasteiger partial charge in [-0.3, -0.25) is 14.7 Å². The van der Waals surface area contributed by atoms with Gasteiger partial charge in [-0.25, -0.2) is 9.97 Å². The Morgan fingerprint density at radius 3 is 2.67 bits per heavy atom. The number of aromatic nitrogens is 3. The van der Waals surface area contributed by atoms with Gasteiger partial charge in [-0.05, 0) is 43.2 Å². The number of fused-ring (bicyclic) bond motifs is 1. The van der Waals surface area contributed by atoms with Crippen molar-refractivity contribution in [1.29, 1.82) is 0 Å². The second-order valence-corrected chi connectivity index (χ2v) is 4.88. The molecular weight excluding hydrogens is 270 g/mol. The van der Waals surface area contributed by atoms with Gasteiger partial charge in [0.2, 0.25) is 5.82 Å². The number of aryl methyl sites for hydroxylation is 2. The van der Waals surface area contributed by atoms with Crippen molar-refractivity contribution in [2.75, 3.05) is 5.73 Å². The van der Waals surface area contributed by atoms with Crippen molar-refractivity contribution in [2.24, 2.45) is 0 Å². The third-order valence-electron chi connectivity index (χ3n) is 3.46. The molecule has 0 fully saturated rings. The summed E-state index contributed by atoms with van der Waals surface area (Å²) in [6, 6.07) is 6.65. The molecule has 7 nitrogen and oxygen atoms in total. The van der Waals surface area contributed by atoms with E-state index < -0.39 is 4.92 Å². The van der Waals surface area contributed by atoms with E-state index in [1.165, 1.54) is 18.5 Å². The van der Waals surface area contributed by atoms with Gasteiger partial charge in [0, 0.05) is 6.07 Å². The minimum atomic E-state index is -0.478. The maximum Gasteiger partial charge on any atom is 0.312 e. The monoisotopic (exact) mass is 283 g/mol. The molecule has 0 saturated heterocycles. The van der Waals surface area contributed by atoms with E-state index in [1.807, 2.05) is 26.0 Å². The molecule has 0 atom stereocenters. The fourth-order valence-electron chi connectivity index (χ4n) is 2.21. The highest BCUT2D eigenvalue weighted by molar-refractivity contribution is 5.79. The number of rotatable bonds is 2. The highest BCUT2D eigenvalue weighted by Crippen LogP contribution is 2.27. The van der Waals surface area contributed by atoms with E-state index in [0.29, 0.717) is 0 Å². The Hall–Kier alpha value is -2.96. The average molecular weight is 283 g/mol. The number of hydrogen-bond acceptors (Lipinski definition) is 5. The predicted octanol–water partition coefficient (Wildman–Crippen LogP) is 2.53. The summed E-state index contributed by atoms with van der Waals surface area (Å²) in [6.07, 6.45) is 1.53. The van der Waals surface area contributed by atoms with E-state index in [4.69, 9.17) is 5.73 Å². The molecule has 0 spiro atoms.